The van der Waals surface area contributed by atoms with E-state index in [0.29, 0.717) is 50.6 Å². The third-order valence-corrected chi connectivity index (χ3v) is 6.73. The highest BCUT2D eigenvalue weighted by Crippen LogP contribution is 2.35. The number of aliphatic hydroxyl groups is 1. The average molecular weight is 545 g/mol. The largest absolute Gasteiger partial charge is 0.393 e. The first-order valence-electron chi connectivity index (χ1n) is 13.5. The molecule has 0 unspecified atom stereocenters. The molecule has 1 aliphatic heterocycles. The van der Waals surface area contributed by atoms with Gasteiger partial charge >= 0.3 is 0 Å². The van der Waals surface area contributed by atoms with Crippen LogP contribution in [0.15, 0.2) is 54.6 Å². The van der Waals surface area contributed by atoms with Crippen molar-refractivity contribution < 1.29 is 28.2 Å². The molecule has 0 spiro atoms. The highest BCUT2D eigenvalue weighted by molar-refractivity contribution is 5.72. The minimum absolute atomic E-state index is 0.0831. The molecule has 8 heteroatoms. The van der Waals surface area contributed by atoms with Crippen molar-refractivity contribution in [3.05, 3.63) is 77.4 Å². The molecule has 0 aromatic heterocycles. The molecule has 1 saturated carbocycles. The minimum Gasteiger partial charge on any atom is -0.393 e. The quantitative estimate of drug-likeness (QED) is 0.326. The minimum atomic E-state index is -0.409. The van der Waals surface area contributed by atoms with Crippen LogP contribution in [0.3, 0.4) is 0 Å². The summed E-state index contributed by atoms with van der Waals surface area (Å²) in [5, 5.41) is 9.16. The SMILES string of the molecule is CCOCCN(C)C(C)=O.CN1CC(c2cc(F)ccc2F)=C[C@H]1c1ccccc1.O=CCC[C@@H](O)C1CC1. The number of halogens is 2. The van der Waals surface area contributed by atoms with E-state index in [9.17, 15) is 18.4 Å². The van der Waals surface area contributed by atoms with Crippen molar-refractivity contribution in [2.24, 2.45) is 5.92 Å². The number of carbonyl (C=O) groups is 2. The molecular formula is C31H42F2N2O4. The Balaban J connectivity index is 0.000000236. The first-order chi connectivity index (χ1) is 18.7. The Morgan fingerprint density at radius 3 is 2.49 bits per heavy atom. The molecular weight excluding hydrogens is 502 g/mol. The molecule has 214 valence electrons. The number of hydrogen-bond donors (Lipinski definition) is 1. The van der Waals surface area contributed by atoms with Crippen LogP contribution in [0, 0.1) is 17.6 Å². The standard InChI is InChI=1S/C17H15F2N.C7H15NO2.C7H12O2/c1-20-11-13(15-10-14(18)7-8-16(15)19)9-17(20)12-5-3-2-4-6-12;1-4-10-6-5-8(3)7(2)9;8-5-1-2-7(9)6-3-4-6/h2-10,17H,11H2,1H3;4-6H2,1-3H3;5-7,9H,1-4H2/t17-;;7-/m0.1/s1. The lowest BCUT2D eigenvalue weighted by Gasteiger charge is -2.19. The van der Waals surface area contributed by atoms with E-state index < -0.39 is 5.82 Å². The third-order valence-electron chi connectivity index (χ3n) is 6.73. The second-order valence-electron chi connectivity index (χ2n) is 9.87. The number of hydrogen-bond acceptors (Lipinski definition) is 5. The van der Waals surface area contributed by atoms with Crippen LogP contribution in [-0.4, -0.2) is 73.6 Å². The van der Waals surface area contributed by atoms with Crippen molar-refractivity contribution in [3.8, 4) is 0 Å². The normalized spacial score (nSPS) is 17.2. The maximum absolute atomic E-state index is 13.9. The Hall–Kier alpha value is -2.94. The molecule has 1 fully saturated rings. The summed E-state index contributed by atoms with van der Waals surface area (Å²) in [5.74, 6) is -0.183. The van der Waals surface area contributed by atoms with Gasteiger partial charge in [0.1, 0.15) is 17.9 Å². The van der Waals surface area contributed by atoms with Crippen molar-refractivity contribution in [3.63, 3.8) is 0 Å². The fourth-order valence-corrected chi connectivity index (χ4v) is 4.12. The second kappa shape index (κ2) is 16.9. The fourth-order valence-electron chi connectivity index (χ4n) is 4.12. The van der Waals surface area contributed by atoms with E-state index in [2.05, 4.69) is 4.90 Å². The topological polar surface area (TPSA) is 70.1 Å². The van der Waals surface area contributed by atoms with Crippen LogP contribution in [0.4, 0.5) is 8.78 Å². The van der Waals surface area contributed by atoms with Crippen LogP contribution in [0.1, 0.15) is 56.7 Å². The van der Waals surface area contributed by atoms with Gasteiger partial charge in [0, 0.05) is 45.7 Å². The van der Waals surface area contributed by atoms with E-state index in [1.54, 1.807) is 18.9 Å². The Morgan fingerprint density at radius 1 is 1.21 bits per heavy atom. The monoisotopic (exact) mass is 544 g/mol. The molecule has 0 saturated heterocycles. The Labute approximate surface area is 231 Å². The molecule has 0 radical (unpaired) electrons. The molecule has 1 heterocycles. The molecule has 1 amide bonds. The molecule has 2 aliphatic rings. The smallest absolute Gasteiger partial charge is 0.219 e. The van der Waals surface area contributed by atoms with Crippen molar-refractivity contribution in [1.29, 1.82) is 0 Å². The third kappa shape index (κ3) is 11.4. The molecule has 2 aromatic carbocycles. The molecule has 6 nitrogen and oxygen atoms in total. The van der Waals surface area contributed by atoms with Gasteiger partial charge in [0.25, 0.3) is 0 Å². The van der Waals surface area contributed by atoms with Crippen LogP contribution < -0.4 is 0 Å². The van der Waals surface area contributed by atoms with Crippen molar-refractivity contribution in [1.82, 2.24) is 9.80 Å². The Bertz CT molecular complexity index is 1060. The van der Waals surface area contributed by atoms with E-state index in [1.165, 1.54) is 12.1 Å². The molecule has 4 rings (SSSR count). The Kier molecular flexibility index (Phi) is 14.0. The highest BCUT2D eigenvalue weighted by atomic mass is 19.1. The molecule has 39 heavy (non-hydrogen) atoms. The number of aliphatic hydroxyl groups excluding tert-OH is 1. The van der Waals surface area contributed by atoms with Gasteiger partial charge in [-0.25, -0.2) is 8.78 Å². The molecule has 1 N–H and O–H groups in total. The average Bonchev–Trinajstić information content (AvgIpc) is 3.71. The van der Waals surface area contributed by atoms with Crippen LogP contribution in [0.5, 0.6) is 0 Å². The lowest BCUT2D eigenvalue weighted by molar-refractivity contribution is -0.128. The first-order valence-corrected chi connectivity index (χ1v) is 13.5. The van der Waals surface area contributed by atoms with Gasteiger partial charge in [0.05, 0.1) is 18.8 Å². The fraction of sp³-hybridized carbons (Fsp3) is 0.484. The summed E-state index contributed by atoms with van der Waals surface area (Å²) < 4.78 is 32.2. The summed E-state index contributed by atoms with van der Waals surface area (Å²) in [7, 11) is 3.75. The predicted molar refractivity (Wildman–Crippen MR) is 150 cm³/mol. The van der Waals surface area contributed by atoms with Crippen LogP contribution >= 0.6 is 0 Å². The maximum atomic E-state index is 13.9. The number of nitrogens with zero attached hydrogens (tertiary/aromatic N) is 2. The van der Waals surface area contributed by atoms with Crippen molar-refractivity contribution in [2.75, 3.05) is 40.4 Å². The summed E-state index contributed by atoms with van der Waals surface area (Å²) in [6, 6.07) is 13.7. The van der Waals surface area contributed by atoms with E-state index >= 15 is 0 Å². The van der Waals surface area contributed by atoms with Crippen molar-refractivity contribution >= 4 is 17.8 Å². The predicted octanol–water partition coefficient (Wildman–Crippen LogP) is 5.27. The van der Waals surface area contributed by atoms with Crippen LogP contribution in [0.25, 0.3) is 5.57 Å². The number of ether oxygens (including phenoxy) is 1. The summed E-state index contributed by atoms with van der Waals surface area (Å²) >= 11 is 0. The molecule has 2 atom stereocenters. The van der Waals surface area contributed by atoms with Crippen LogP contribution in [0.2, 0.25) is 0 Å². The number of likely N-dealkylation sites (N-methyl/N-ethyl adjacent to an activating group) is 2. The summed E-state index contributed by atoms with van der Waals surface area (Å²) in [4.78, 5) is 24.2. The van der Waals surface area contributed by atoms with E-state index in [0.717, 1.165) is 36.3 Å². The lowest BCUT2D eigenvalue weighted by atomic mass is 10.0. The van der Waals surface area contributed by atoms with Gasteiger partial charge in [-0.2, -0.15) is 0 Å². The van der Waals surface area contributed by atoms with Gasteiger partial charge in [-0.15, -0.1) is 0 Å². The zero-order chi connectivity index (χ0) is 28.8. The van der Waals surface area contributed by atoms with E-state index in [-0.39, 0.29) is 23.9 Å². The maximum Gasteiger partial charge on any atom is 0.219 e. The number of carbonyl (C=O) groups excluding carboxylic acids is 2. The summed E-state index contributed by atoms with van der Waals surface area (Å²) in [6.07, 6.45) is 6.15. The molecule has 2 aromatic rings. The van der Waals surface area contributed by atoms with Gasteiger partial charge in [-0.1, -0.05) is 36.4 Å². The zero-order valence-corrected chi connectivity index (χ0v) is 23.5. The number of benzene rings is 2. The first kappa shape index (κ1) is 32.3. The highest BCUT2D eigenvalue weighted by Gasteiger charge is 2.28. The summed E-state index contributed by atoms with van der Waals surface area (Å²) in [6.45, 7) is 6.13. The zero-order valence-electron chi connectivity index (χ0n) is 23.5. The molecule has 0 bridgehead atoms. The summed E-state index contributed by atoms with van der Waals surface area (Å²) in [5.41, 5.74) is 2.34. The number of amides is 1. The second-order valence-corrected chi connectivity index (χ2v) is 9.87. The van der Waals surface area contributed by atoms with E-state index in [1.807, 2.05) is 50.4 Å². The van der Waals surface area contributed by atoms with Gasteiger partial charge < -0.3 is 19.5 Å². The van der Waals surface area contributed by atoms with Crippen molar-refractivity contribution in [2.45, 2.75) is 51.7 Å². The van der Waals surface area contributed by atoms with Gasteiger partial charge in [0.15, 0.2) is 0 Å². The van der Waals surface area contributed by atoms with E-state index in [4.69, 9.17) is 9.84 Å². The number of rotatable bonds is 10. The van der Waals surface area contributed by atoms with Gasteiger partial charge in [0.2, 0.25) is 5.91 Å². The van der Waals surface area contributed by atoms with Crippen LogP contribution in [-0.2, 0) is 14.3 Å². The number of aldehydes is 1. The lowest BCUT2D eigenvalue weighted by Crippen LogP contribution is -2.27. The Morgan fingerprint density at radius 2 is 1.90 bits per heavy atom. The van der Waals surface area contributed by atoms with Gasteiger partial charge in [-0.3, -0.25) is 9.69 Å². The molecule has 1 aliphatic carbocycles. The van der Waals surface area contributed by atoms with Gasteiger partial charge in [-0.05, 0) is 68.5 Å².